The molecule has 0 radical (unpaired) electrons. The number of methoxy groups -OCH3 is 1. The Bertz CT molecular complexity index is 940. The molecule has 0 aliphatic carbocycles. The second kappa shape index (κ2) is 7.60. The zero-order chi connectivity index (χ0) is 20.5. The average Bonchev–Trinajstić information content (AvgIpc) is 3.39. The summed E-state index contributed by atoms with van der Waals surface area (Å²) in [6.07, 6.45) is 6.23. The molecule has 154 valence electrons. The van der Waals surface area contributed by atoms with Gasteiger partial charge in [0, 0.05) is 38.0 Å². The first-order valence-electron chi connectivity index (χ1n) is 9.61. The summed E-state index contributed by atoms with van der Waals surface area (Å²) in [5, 5.41) is 8.15. The Labute approximate surface area is 168 Å². The van der Waals surface area contributed by atoms with E-state index in [9.17, 15) is 0 Å². The topological polar surface area (TPSA) is 116 Å². The van der Waals surface area contributed by atoms with Crippen molar-refractivity contribution in [3.05, 3.63) is 36.2 Å². The molecule has 1 aliphatic heterocycles. The van der Waals surface area contributed by atoms with Gasteiger partial charge in [-0.05, 0) is 12.8 Å². The van der Waals surface area contributed by atoms with Crippen LogP contribution in [0.25, 0.3) is 11.5 Å². The molecule has 0 atom stereocenters. The van der Waals surface area contributed by atoms with Crippen LogP contribution in [0.15, 0.2) is 27.6 Å². The second-order valence-electron chi connectivity index (χ2n) is 8.25. The molecule has 0 N–H and O–H groups in total. The smallest absolute Gasteiger partial charge is 0.259 e. The minimum Gasteiger partial charge on any atom is -0.368 e. The molecule has 0 amide bonds. The van der Waals surface area contributed by atoms with Crippen molar-refractivity contribution >= 4 is 0 Å². The van der Waals surface area contributed by atoms with Crippen LogP contribution >= 0.6 is 0 Å². The van der Waals surface area contributed by atoms with E-state index in [-0.39, 0.29) is 5.41 Å². The molecule has 29 heavy (non-hydrogen) atoms. The Morgan fingerprint density at radius 2 is 1.90 bits per heavy atom. The molecule has 0 bridgehead atoms. The predicted octanol–water partition coefficient (Wildman–Crippen LogP) is 2.34. The van der Waals surface area contributed by atoms with Crippen LogP contribution in [0.3, 0.4) is 0 Å². The Kier molecular flexibility index (Phi) is 5.13. The van der Waals surface area contributed by atoms with Gasteiger partial charge in [0.15, 0.2) is 5.82 Å². The Morgan fingerprint density at radius 3 is 2.52 bits per heavy atom. The van der Waals surface area contributed by atoms with Crippen LogP contribution in [0, 0.1) is 0 Å². The van der Waals surface area contributed by atoms with E-state index in [4.69, 9.17) is 13.8 Å². The van der Waals surface area contributed by atoms with Gasteiger partial charge >= 0.3 is 0 Å². The maximum absolute atomic E-state index is 5.85. The quantitative estimate of drug-likeness (QED) is 0.633. The van der Waals surface area contributed by atoms with E-state index in [2.05, 4.69) is 55.9 Å². The van der Waals surface area contributed by atoms with Gasteiger partial charge in [-0.3, -0.25) is 9.88 Å². The highest BCUT2D eigenvalue weighted by atomic mass is 16.5. The molecule has 3 aromatic heterocycles. The van der Waals surface area contributed by atoms with E-state index >= 15 is 0 Å². The van der Waals surface area contributed by atoms with E-state index in [1.165, 1.54) is 0 Å². The number of likely N-dealkylation sites (tertiary alicyclic amines) is 1. The molecule has 0 aromatic carbocycles. The van der Waals surface area contributed by atoms with Crippen LogP contribution in [0.2, 0.25) is 0 Å². The summed E-state index contributed by atoms with van der Waals surface area (Å²) in [6, 6.07) is 0. The molecular formula is C19H25N7O3. The molecule has 4 rings (SSSR count). The van der Waals surface area contributed by atoms with E-state index in [1.54, 1.807) is 25.7 Å². The highest BCUT2D eigenvalue weighted by Crippen LogP contribution is 2.36. The van der Waals surface area contributed by atoms with Gasteiger partial charge in [-0.15, -0.1) is 0 Å². The summed E-state index contributed by atoms with van der Waals surface area (Å²) in [5.74, 6) is 2.22. The van der Waals surface area contributed by atoms with Gasteiger partial charge in [-0.25, -0.2) is 4.98 Å². The number of rotatable bonds is 5. The van der Waals surface area contributed by atoms with Crippen molar-refractivity contribution in [2.24, 2.45) is 0 Å². The number of ether oxygens (including phenoxy) is 1. The van der Waals surface area contributed by atoms with E-state index in [1.807, 2.05) is 0 Å². The maximum atomic E-state index is 5.85. The van der Waals surface area contributed by atoms with Crippen molar-refractivity contribution < 1.29 is 13.8 Å². The standard InChI is InChI=1S/C19H25N7O3/c1-18(2,3)16-22-14(28-25-16)12-26-9-5-19(27-4,6-10-26)17-23-15(24-29-17)13-11-20-7-8-21-13/h7-8,11H,5-6,9-10,12H2,1-4H3. The van der Waals surface area contributed by atoms with Gasteiger partial charge in [0.05, 0.1) is 12.7 Å². The SMILES string of the molecule is COC1(c2nc(-c3cnccn3)no2)CCN(Cc2nc(C(C)(C)C)no2)CC1. The van der Waals surface area contributed by atoms with Crippen molar-refractivity contribution in [2.45, 2.75) is 51.2 Å². The summed E-state index contributed by atoms with van der Waals surface area (Å²) in [7, 11) is 1.68. The Balaban J connectivity index is 1.43. The number of hydrogen-bond donors (Lipinski definition) is 0. The van der Waals surface area contributed by atoms with E-state index in [0.717, 1.165) is 18.9 Å². The van der Waals surface area contributed by atoms with Gasteiger partial charge in [0.25, 0.3) is 5.89 Å². The van der Waals surface area contributed by atoms with Gasteiger partial charge in [-0.2, -0.15) is 9.97 Å². The van der Waals surface area contributed by atoms with Crippen LogP contribution in [0.5, 0.6) is 0 Å². The zero-order valence-electron chi connectivity index (χ0n) is 17.1. The molecular weight excluding hydrogens is 374 g/mol. The molecule has 1 aliphatic rings. The fourth-order valence-corrected chi connectivity index (χ4v) is 3.32. The summed E-state index contributed by atoms with van der Waals surface area (Å²) < 4.78 is 16.8. The molecule has 0 unspecified atom stereocenters. The fraction of sp³-hybridized carbons (Fsp3) is 0.579. The molecule has 0 saturated carbocycles. The lowest BCUT2D eigenvalue weighted by atomic mass is 9.91. The number of aromatic nitrogens is 6. The average molecular weight is 399 g/mol. The largest absolute Gasteiger partial charge is 0.368 e. The minimum atomic E-state index is -0.616. The fourth-order valence-electron chi connectivity index (χ4n) is 3.32. The summed E-state index contributed by atoms with van der Waals surface area (Å²) >= 11 is 0. The van der Waals surface area contributed by atoms with Crippen molar-refractivity contribution in [2.75, 3.05) is 20.2 Å². The number of nitrogens with zero attached hydrogens (tertiary/aromatic N) is 7. The molecule has 10 heteroatoms. The second-order valence-corrected chi connectivity index (χ2v) is 8.25. The normalized spacial score (nSPS) is 17.5. The summed E-state index contributed by atoms with van der Waals surface area (Å²) in [4.78, 5) is 19.6. The summed E-state index contributed by atoms with van der Waals surface area (Å²) in [5.41, 5.74) is -0.180. The first-order chi connectivity index (χ1) is 13.9. The maximum Gasteiger partial charge on any atom is 0.259 e. The Hall–Kier alpha value is -2.72. The number of piperidine rings is 1. The molecule has 1 saturated heterocycles. The van der Waals surface area contributed by atoms with Crippen molar-refractivity contribution in [1.29, 1.82) is 0 Å². The first-order valence-corrected chi connectivity index (χ1v) is 9.61. The lowest BCUT2D eigenvalue weighted by molar-refractivity contribution is -0.0847. The molecule has 1 fully saturated rings. The van der Waals surface area contributed by atoms with Crippen LogP contribution < -0.4 is 0 Å². The Morgan fingerprint density at radius 1 is 1.10 bits per heavy atom. The van der Waals surface area contributed by atoms with Crippen LogP contribution in [-0.4, -0.2) is 55.3 Å². The van der Waals surface area contributed by atoms with Gasteiger partial charge in [0.2, 0.25) is 11.7 Å². The van der Waals surface area contributed by atoms with Gasteiger partial charge in [-0.1, -0.05) is 31.1 Å². The summed E-state index contributed by atoms with van der Waals surface area (Å²) in [6.45, 7) is 8.37. The monoisotopic (exact) mass is 399 g/mol. The number of hydrogen-bond acceptors (Lipinski definition) is 10. The third-order valence-corrected chi connectivity index (χ3v) is 5.16. The lowest BCUT2D eigenvalue weighted by Crippen LogP contribution is -2.43. The zero-order valence-corrected chi connectivity index (χ0v) is 17.1. The third-order valence-electron chi connectivity index (χ3n) is 5.16. The minimum absolute atomic E-state index is 0.131. The van der Waals surface area contributed by atoms with Crippen LogP contribution in [-0.2, 0) is 22.3 Å². The van der Waals surface area contributed by atoms with Gasteiger partial charge < -0.3 is 13.8 Å². The van der Waals surface area contributed by atoms with Crippen molar-refractivity contribution in [1.82, 2.24) is 35.1 Å². The highest BCUT2D eigenvalue weighted by Gasteiger charge is 2.42. The van der Waals surface area contributed by atoms with E-state index < -0.39 is 5.60 Å². The first kappa shape index (κ1) is 19.6. The molecule has 10 nitrogen and oxygen atoms in total. The molecule has 0 spiro atoms. The van der Waals surface area contributed by atoms with Crippen LogP contribution in [0.4, 0.5) is 0 Å². The highest BCUT2D eigenvalue weighted by molar-refractivity contribution is 5.45. The third kappa shape index (κ3) is 4.03. The molecule has 4 heterocycles. The van der Waals surface area contributed by atoms with Gasteiger partial charge in [0.1, 0.15) is 11.3 Å². The van der Waals surface area contributed by atoms with Crippen molar-refractivity contribution in [3.8, 4) is 11.5 Å². The van der Waals surface area contributed by atoms with Crippen LogP contribution in [0.1, 0.15) is 51.2 Å². The van der Waals surface area contributed by atoms with Crippen molar-refractivity contribution in [3.63, 3.8) is 0 Å². The molecule has 3 aromatic rings. The predicted molar refractivity (Wildman–Crippen MR) is 102 cm³/mol. The van der Waals surface area contributed by atoms with E-state index in [0.29, 0.717) is 42.7 Å². The lowest BCUT2D eigenvalue weighted by Gasteiger charge is -2.37.